The molecule has 1 N–H and O–H groups in total. The van der Waals surface area contributed by atoms with Crippen molar-refractivity contribution in [2.45, 2.75) is 24.8 Å². The zero-order chi connectivity index (χ0) is 19.6. The second-order valence-electron chi connectivity index (χ2n) is 6.39. The summed E-state index contributed by atoms with van der Waals surface area (Å²) in [6, 6.07) is 3.39. The molecular formula is C17H21N3O5S2. The summed E-state index contributed by atoms with van der Waals surface area (Å²) < 4.78 is 40.6. The Kier molecular flexibility index (Phi) is 5.68. The first-order valence-corrected chi connectivity index (χ1v) is 10.7. The molecule has 3 rings (SSSR count). The third-order valence-electron chi connectivity index (χ3n) is 4.00. The molecule has 0 bridgehead atoms. The number of carbonyl (C=O) groups excluding carboxylic acids is 1. The van der Waals surface area contributed by atoms with E-state index in [9.17, 15) is 13.2 Å². The number of fused-ring (bicyclic) bond motifs is 1. The fourth-order valence-corrected chi connectivity index (χ4v) is 4.58. The van der Waals surface area contributed by atoms with Crippen molar-refractivity contribution < 1.29 is 22.7 Å². The molecule has 8 nitrogen and oxygen atoms in total. The number of thiazole rings is 1. The zero-order valence-electron chi connectivity index (χ0n) is 15.2. The summed E-state index contributed by atoms with van der Waals surface area (Å²) in [5, 5.41) is 1.80. The van der Waals surface area contributed by atoms with Crippen LogP contribution in [0.5, 0.6) is 11.5 Å². The highest BCUT2D eigenvalue weighted by Gasteiger charge is 2.29. The molecule has 0 fully saturated rings. The summed E-state index contributed by atoms with van der Waals surface area (Å²) >= 11 is 1.30. The van der Waals surface area contributed by atoms with Gasteiger partial charge in [-0.05, 0) is 18.1 Å². The minimum Gasteiger partial charge on any atom is -0.486 e. The quantitative estimate of drug-likeness (QED) is 0.799. The van der Waals surface area contributed by atoms with E-state index >= 15 is 0 Å². The predicted octanol–water partition coefficient (Wildman–Crippen LogP) is 1.29. The second kappa shape index (κ2) is 7.83. The minimum absolute atomic E-state index is 0.00637. The highest BCUT2D eigenvalue weighted by atomic mass is 32.2. The lowest BCUT2D eigenvalue weighted by molar-refractivity contribution is -0.120. The number of nitrogens with zero attached hydrogens (tertiary/aromatic N) is 2. The van der Waals surface area contributed by atoms with Gasteiger partial charge in [0.25, 0.3) is 5.91 Å². The van der Waals surface area contributed by atoms with Crippen LogP contribution in [0.25, 0.3) is 0 Å². The molecule has 1 amide bonds. The first-order valence-electron chi connectivity index (χ1n) is 8.38. The van der Waals surface area contributed by atoms with Crippen LogP contribution in [0.15, 0.2) is 39.7 Å². The van der Waals surface area contributed by atoms with E-state index in [0.717, 1.165) is 0 Å². The molecule has 0 radical (unpaired) electrons. The topological polar surface area (TPSA) is 99.0 Å². The monoisotopic (exact) mass is 411 g/mol. The highest BCUT2D eigenvalue weighted by Crippen LogP contribution is 2.32. The van der Waals surface area contributed by atoms with Gasteiger partial charge in [-0.3, -0.25) is 4.79 Å². The van der Waals surface area contributed by atoms with Gasteiger partial charge in [0.1, 0.15) is 19.3 Å². The number of amides is 1. The van der Waals surface area contributed by atoms with E-state index < -0.39 is 22.0 Å². The van der Waals surface area contributed by atoms with E-state index in [4.69, 9.17) is 9.47 Å². The van der Waals surface area contributed by atoms with Gasteiger partial charge in [0.05, 0.1) is 4.90 Å². The van der Waals surface area contributed by atoms with Crippen molar-refractivity contribution >= 4 is 27.3 Å². The number of aryl methyl sites for hydroxylation is 1. The molecule has 27 heavy (non-hydrogen) atoms. The number of hydrogen-bond donors (Lipinski definition) is 1. The third-order valence-corrected chi connectivity index (χ3v) is 6.29. The Morgan fingerprint density at radius 1 is 1.26 bits per heavy atom. The average molecular weight is 412 g/mol. The molecule has 2 aromatic rings. The Morgan fingerprint density at radius 3 is 2.59 bits per heavy atom. The molecule has 2 heterocycles. The molecule has 0 saturated heterocycles. The largest absolute Gasteiger partial charge is 0.486 e. The Hall–Kier alpha value is -2.17. The second-order valence-corrected chi connectivity index (χ2v) is 8.98. The van der Waals surface area contributed by atoms with Gasteiger partial charge >= 0.3 is 0 Å². The third kappa shape index (κ3) is 4.40. The smallest absolute Gasteiger partial charge is 0.266 e. The summed E-state index contributed by atoms with van der Waals surface area (Å²) in [4.78, 5) is 17.2. The Bertz CT molecular complexity index is 1010. The first-order chi connectivity index (χ1) is 12.8. The normalized spacial score (nSPS) is 15.8. The lowest BCUT2D eigenvalue weighted by atomic mass is 10.1. The molecule has 0 spiro atoms. The van der Waals surface area contributed by atoms with Gasteiger partial charge in [-0.2, -0.15) is 9.71 Å². The predicted molar refractivity (Wildman–Crippen MR) is 100 cm³/mol. The van der Waals surface area contributed by atoms with Gasteiger partial charge in [0.2, 0.25) is 10.0 Å². The summed E-state index contributed by atoms with van der Waals surface area (Å²) in [5.74, 6) is 0.0476. The molecule has 1 aromatic heterocycles. The maximum absolute atomic E-state index is 12.8. The Labute approximate surface area is 161 Å². The van der Waals surface area contributed by atoms with Crippen LogP contribution in [-0.2, 0) is 21.9 Å². The van der Waals surface area contributed by atoms with Crippen LogP contribution >= 0.6 is 11.3 Å². The van der Waals surface area contributed by atoms with E-state index in [1.807, 2.05) is 0 Å². The summed E-state index contributed by atoms with van der Waals surface area (Å²) in [5.41, 5.74) is 0. The lowest BCUT2D eigenvalue weighted by Crippen LogP contribution is -2.44. The number of carbonyl (C=O) groups is 1. The van der Waals surface area contributed by atoms with E-state index in [1.165, 1.54) is 23.5 Å². The van der Waals surface area contributed by atoms with E-state index in [-0.39, 0.29) is 10.8 Å². The van der Waals surface area contributed by atoms with E-state index in [1.54, 1.807) is 43.1 Å². The van der Waals surface area contributed by atoms with Crippen molar-refractivity contribution in [2.24, 2.45) is 18.0 Å². The van der Waals surface area contributed by atoms with Crippen LogP contribution in [0.2, 0.25) is 0 Å². The molecule has 1 aliphatic heterocycles. The van der Waals surface area contributed by atoms with E-state index in [0.29, 0.717) is 29.5 Å². The average Bonchev–Trinajstić information content (AvgIpc) is 3.03. The number of benzene rings is 1. The van der Waals surface area contributed by atoms with Crippen LogP contribution in [0.1, 0.15) is 13.8 Å². The van der Waals surface area contributed by atoms with Crippen molar-refractivity contribution in [3.63, 3.8) is 0 Å². The first kappa shape index (κ1) is 19.6. The molecule has 0 aliphatic carbocycles. The van der Waals surface area contributed by atoms with Crippen molar-refractivity contribution in [2.75, 3.05) is 13.2 Å². The van der Waals surface area contributed by atoms with Crippen LogP contribution < -0.4 is 19.0 Å². The standard InChI is InChI=1S/C17H21N3O5S2/c1-11(2)15(16(21)18-17-20(3)6-9-26-17)19-27(22,23)12-4-5-13-14(10-12)25-8-7-24-13/h4-6,9-11,15,19H,7-8H2,1-3H3/t15-/m1/s1. The molecule has 1 aromatic carbocycles. The summed E-state index contributed by atoms with van der Waals surface area (Å²) in [7, 11) is -2.17. The Morgan fingerprint density at radius 2 is 1.96 bits per heavy atom. The number of rotatable bonds is 5. The SMILES string of the molecule is CC(C)[C@@H](NS(=O)(=O)c1ccc2c(c1)OCCO2)C(=O)N=c1sccn1C. The molecule has 10 heteroatoms. The number of nitrogens with one attached hydrogen (secondary N) is 1. The summed E-state index contributed by atoms with van der Waals surface area (Å²) in [6.07, 6.45) is 1.78. The van der Waals surface area contributed by atoms with Crippen molar-refractivity contribution in [1.82, 2.24) is 9.29 Å². The number of sulfonamides is 1. The lowest BCUT2D eigenvalue weighted by Gasteiger charge is -2.21. The van der Waals surface area contributed by atoms with Crippen LogP contribution in [-0.4, -0.2) is 38.1 Å². The highest BCUT2D eigenvalue weighted by molar-refractivity contribution is 7.89. The van der Waals surface area contributed by atoms with Crippen molar-refractivity contribution in [3.8, 4) is 11.5 Å². The molecule has 146 valence electrons. The van der Waals surface area contributed by atoms with Crippen molar-refractivity contribution in [1.29, 1.82) is 0 Å². The van der Waals surface area contributed by atoms with Gasteiger partial charge in [-0.1, -0.05) is 13.8 Å². The maximum Gasteiger partial charge on any atom is 0.266 e. The van der Waals surface area contributed by atoms with E-state index in [2.05, 4.69) is 9.71 Å². The molecule has 1 aliphatic rings. The molecule has 0 saturated carbocycles. The molecule has 0 unspecified atom stereocenters. The summed E-state index contributed by atoms with van der Waals surface area (Å²) in [6.45, 7) is 4.30. The fourth-order valence-electron chi connectivity index (χ4n) is 2.50. The van der Waals surface area contributed by atoms with Gasteiger partial charge in [0.15, 0.2) is 16.3 Å². The van der Waals surface area contributed by atoms with Crippen molar-refractivity contribution in [3.05, 3.63) is 34.6 Å². The van der Waals surface area contributed by atoms with Crippen LogP contribution in [0, 0.1) is 5.92 Å². The van der Waals surface area contributed by atoms with Crippen LogP contribution in [0.3, 0.4) is 0 Å². The van der Waals surface area contributed by atoms with Gasteiger partial charge in [-0.25, -0.2) is 8.42 Å². The maximum atomic E-state index is 12.8. The number of ether oxygens (including phenoxy) is 2. The Balaban J connectivity index is 1.87. The minimum atomic E-state index is -3.94. The van der Waals surface area contributed by atoms with Gasteiger partial charge < -0.3 is 14.0 Å². The molecule has 1 atom stereocenters. The van der Waals surface area contributed by atoms with Gasteiger partial charge in [-0.15, -0.1) is 11.3 Å². The number of aromatic nitrogens is 1. The number of hydrogen-bond acceptors (Lipinski definition) is 6. The van der Waals surface area contributed by atoms with Crippen LogP contribution in [0.4, 0.5) is 0 Å². The zero-order valence-corrected chi connectivity index (χ0v) is 16.8. The van der Waals surface area contributed by atoms with Gasteiger partial charge in [0, 0.05) is 24.7 Å². The molecular weight excluding hydrogens is 390 g/mol. The fraction of sp³-hybridized carbons (Fsp3) is 0.412.